The fourth-order valence-electron chi connectivity index (χ4n) is 3.67. The monoisotopic (exact) mass is 434 g/mol. The molecule has 1 N–H and O–H groups in total. The van der Waals surface area contributed by atoms with Crippen LogP contribution in [0, 0.1) is 0 Å². The molecule has 8 heteroatoms. The second kappa shape index (κ2) is 10.1. The van der Waals surface area contributed by atoms with Gasteiger partial charge in [0.2, 0.25) is 17.6 Å². The third-order valence-corrected chi connectivity index (χ3v) is 5.42. The molecule has 8 nitrogen and oxygen atoms in total. The van der Waals surface area contributed by atoms with Crippen LogP contribution in [0.4, 0.5) is 5.69 Å². The molecule has 0 saturated carbocycles. The Morgan fingerprint density at radius 2 is 1.88 bits per heavy atom. The van der Waals surface area contributed by atoms with Crippen LogP contribution in [-0.2, 0) is 11.2 Å². The molecule has 0 atom stereocenters. The molecule has 3 aromatic rings. The van der Waals surface area contributed by atoms with Crippen molar-refractivity contribution in [3.05, 3.63) is 60.0 Å². The summed E-state index contributed by atoms with van der Waals surface area (Å²) in [7, 11) is 1.61. The van der Waals surface area contributed by atoms with Gasteiger partial charge in [0.05, 0.1) is 7.11 Å². The average Bonchev–Trinajstić information content (AvgIpc) is 3.32. The summed E-state index contributed by atoms with van der Waals surface area (Å²) in [5.41, 5.74) is 1.99. The van der Waals surface area contributed by atoms with Gasteiger partial charge in [0.1, 0.15) is 5.75 Å². The molecule has 1 aliphatic heterocycles. The Morgan fingerprint density at radius 3 is 2.62 bits per heavy atom. The van der Waals surface area contributed by atoms with Crippen molar-refractivity contribution in [2.75, 3.05) is 25.5 Å². The van der Waals surface area contributed by atoms with E-state index in [2.05, 4.69) is 15.5 Å². The molecule has 32 heavy (non-hydrogen) atoms. The summed E-state index contributed by atoms with van der Waals surface area (Å²) < 4.78 is 10.4. The van der Waals surface area contributed by atoms with Crippen molar-refractivity contribution in [1.82, 2.24) is 15.0 Å². The van der Waals surface area contributed by atoms with Gasteiger partial charge >= 0.3 is 0 Å². The highest BCUT2D eigenvalue weighted by molar-refractivity contribution is 5.97. The number of hydrogen-bond acceptors (Lipinski definition) is 6. The largest absolute Gasteiger partial charge is 0.497 e. The van der Waals surface area contributed by atoms with E-state index in [1.54, 1.807) is 31.4 Å². The van der Waals surface area contributed by atoms with E-state index in [0.717, 1.165) is 37.2 Å². The number of methoxy groups -OCH3 is 1. The van der Waals surface area contributed by atoms with Crippen LogP contribution < -0.4 is 10.1 Å². The molecular formula is C24H26N4O4. The van der Waals surface area contributed by atoms with E-state index in [1.165, 1.54) is 6.42 Å². The first-order valence-corrected chi connectivity index (χ1v) is 10.8. The summed E-state index contributed by atoms with van der Waals surface area (Å²) in [6.45, 7) is 1.58. The fourth-order valence-corrected chi connectivity index (χ4v) is 3.67. The number of amides is 2. The highest BCUT2D eigenvalue weighted by Gasteiger charge is 2.18. The lowest BCUT2D eigenvalue weighted by Crippen LogP contribution is -2.35. The van der Waals surface area contributed by atoms with Crippen LogP contribution in [0.2, 0.25) is 0 Å². The predicted molar refractivity (Wildman–Crippen MR) is 119 cm³/mol. The van der Waals surface area contributed by atoms with Crippen LogP contribution in [0.5, 0.6) is 5.75 Å². The van der Waals surface area contributed by atoms with E-state index in [9.17, 15) is 9.59 Å². The van der Waals surface area contributed by atoms with E-state index >= 15 is 0 Å². The second-order valence-electron chi connectivity index (χ2n) is 7.72. The van der Waals surface area contributed by atoms with E-state index in [1.807, 2.05) is 29.2 Å². The maximum atomic E-state index is 12.7. The molecule has 4 rings (SSSR count). The number of carbonyl (C=O) groups excluding carboxylic acids is 2. The summed E-state index contributed by atoms with van der Waals surface area (Å²) in [5.74, 6) is 1.43. The normalized spacial score (nSPS) is 13.6. The maximum absolute atomic E-state index is 12.7. The lowest BCUT2D eigenvalue weighted by Gasteiger charge is -2.26. The minimum absolute atomic E-state index is 0.0118. The molecule has 0 radical (unpaired) electrons. The zero-order valence-electron chi connectivity index (χ0n) is 18.0. The van der Waals surface area contributed by atoms with Crippen LogP contribution in [0.1, 0.15) is 41.9 Å². The zero-order chi connectivity index (χ0) is 22.3. The van der Waals surface area contributed by atoms with Crippen molar-refractivity contribution in [2.24, 2.45) is 0 Å². The SMILES string of the molecule is COc1ccc(-c2noc(CCC(=O)Nc3cccc(C(=O)N4CCCCC4)c3)n2)cc1. The Hall–Kier alpha value is -3.68. The smallest absolute Gasteiger partial charge is 0.253 e. The van der Waals surface area contributed by atoms with Gasteiger partial charge < -0.3 is 19.5 Å². The summed E-state index contributed by atoms with van der Waals surface area (Å²) in [6.07, 6.45) is 3.76. The number of rotatable bonds is 7. The van der Waals surface area contributed by atoms with Crippen LogP contribution in [0.15, 0.2) is 53.1 Å². The number of hydrogen-bond donors (Lipinski definition) is 1. The Morgan fingerprint density at radius 1 is 1.09 bits per heavy atom. The summed E-state index contributed by atoms with van der Waals surface area (Å²) in [6, 6.07) is 14.4. The molecule has 2 amide bonds. The number of benzene rings is 2. The number of aromatic nitrogens is 2. The number of piperidine rings is 1. The van der Waals surface area contributed by atoms with E-state index in [-0.39, 0.29) is 18.2 Å². The number of aryl methyl sites for hydroxylation is 1. The first kappa shape index (κ1) is 21.5. The molecule has 0 bridgehead atoms. The van der Waals surface area contributed by atoms with Crippen molar-refractivity contribution in [1.29, 1.82) is 0 Å². The summed E-state index contributed by atoms with van der Waals surface area (Å²) in [5, 5.41) is 6.83. The predicted octanol–water partition coefficient (Wildman–Crippen LogP) is 3.94. The van der Waals surface area contributed by atoms with Crippen LogP contribution in [0.3, 0.4) is 0 Å². The number of ether oxygens (including phenoxy) is 1. The highest BCUT2D eigenvalue weighted by Crippen LogP contribution is 2.20. The number of nitrogens with one attached hydrogen (secondary N) is 1. The van der Waals surface area contributed by atoms with Gasteiger partial charge in [-0.25, -0.2) is 0 Å². The fraction of sp³-hybridized carbons (Fsp3) is 0.333. The van der Waals surface area contributed by atoms with Gasteiger partial charge in [0.25, 0.3) is 5.91 Å². The summed E-state index contributed by atoms with van der Waals surface area (Å²) in [4.78, 5) is 31.3. The Bertz CT molecular complexity index is 1070. The Balaban J connectivity index is 1.31. The molecule has 1 fully saturated rings. The van der Waals surface area contributed by atoms with Crippen molar-refractivity contribution in [3.8, 4) is 17.1 Å². The maximum Gasteiger partial charge on any atom is 0.253 e. The molecular weight excluding hydrogens is 408 g/mol. The molecule has 1 saturated heterocycles. The Labute approximate surface area is 186 Å². The van der Waals surface area contributed by atoms with Crippen molar-refractivity contribution in [2.45, 2.75) is 32.1 Å². The second-order valence-corrected chi connectivity index (χ2v) is 7.72. The van der Waals surface area contributed by atoms with Crippen LogP contribution >= 0.6 is 0 Å². The first-order valence-electron chi connectivity index (χ1n) is 10.8. The third kappa shape index (κ3) is 5.32. The molecule has 2 heterocycles. The standard InChI is InChI=1S/C24H26N4O4/c1-31-20-10-8-17(9-11-20)23-26-22(32-27-23)13-12-21(29)25-19-7-5-6-18(16-19)24(30)28-14-3-2-4-15-28/h5-11,16H,2-4,12-15H2,1H3,(H,25,29). The van der Waals surface area contributed by atoms with Gasteiger partial charge in [0.15, 0.2) is 0 Å². The van der Waals surface area contributed by atoms with Gasteiger partial charge in [-0.3, -0.25) is 9.59 Å². The van der Waals surface area contributed by atoms with Crippen molar-refractivity contribution >= 4 is 17.5 Å². The van der Waals surface area contributed by atoms with Gasteiger partial charge in [-0.1, -0.05) is 11.2 Å². The van der Waals surface area contributed by atoms with Gasteiger partial charge in [-0.15, -0.1) is 0 Å². The lowest BCUT2D eigenvalue weighted by atomic mass is 10.1. The van der Waals surface area contributed by atoms with Gasteiger partial charge in [-0.2, -0.15) is 4.98 Å². The number of likely N-dealkylation sites (tertiary alicyclic amines) is 1. The topological polar surface area (TPSA) is 97.6 Å². The molecule has 0 spiro atoms. The highest BCUT2D eigenvalue weighted by atomic mass is 16.5. The van der Waals surface area contributed by atoms with E-state index < -0.39 is 0 Å². The zero-order valence-corrected chi connectivity index (χ0v) is 18.0. The molecule has 166 valence electrons. The first-order chi connectivity index (χ1) is 15.6. The average molecular weight is 434 g/mol. The molecule has 2 aromatic carbocycles. The number of anilines is 1. The van der Waals surface area contributed by atoms with Gasteiger partial charge in [-0.05, 0) is 61.7 Å². The minimum Gasteiger partial charge on any atom is -0.497 e. The van der Waals surface area contributed by atoms with E-state index in [4.69, 9.17) is 9.26 Å². The van der Waals surface area contributed by atoms with E-state index in [0.29, 0.717) is 29.4 Å². The quantitative estimate of drug-likeness (QED) is 0.605. The van der Waals surface area contributed by atoms with Crippen LogP contribution in [-0.4, -0.2) is 47.1 Å². The Kier molecular flexibility index (Phi) is 6.79. The molecule has 0 unspecified atom stereocenters. The molecule has 1 aromatic heterocycles. The van der Waals surface area contributed by atoms with Crippen LogP contribution in [0.25, 0.3) is 11.4 Å². The molecule has 0 aliphatic carbocycles. The van der Waals surface area contributed by atoms with Gasteiger partial charge in [0, 0.05) is 42.7 Å². The van der Waals surface area contributed by atoms with Crippen molar-refractivity contribution < 1.29 is 18.8 Å². The number of carbonyl (C=O) groups is 2. The molecule has 1 aliphatic rings. The number of nitrogens with zero attached hydrogens (tertiary/aromatic N) is 3. The lowest BCUT2D eigenvalue weighted by molar-refractivity contribution is -0.116. The third-order valence-electron chi connectivity index (χ3n) is 5.42. The summed E-state index contributed by atoms with van der Waals surface area (Å²) >= 11 is 0. The minimum atomic E-state index is -0.184. The van der Waals surface area contributed by atoms with Crippen molar-refractivity contribution in [3.63, 3.8) is 0 Å².